The van der Waals surface area contributed by atoms with Crippen molar-refractivity contribution in [3.05, 3.63) is 71.8 Å². The van der Waals surface area contributed by atoms with E-state index in [4.69, 9.17) is 0 Å². The van der Waals surface area contributed by atoms with Gasteiger partial charge >= 0.3 is 12.4 Å². The summed E-state index contributed by atoms with van der Waals surface area (Å²) in [6.07, 6.45) is -7.25. The zero-order valence-corrected chi connectivity index (χ0v) is 13.7. The number of carbonyl (C=O) groups is 1. The number of hydrogen-bond acceptors (Lipinski definition) is 3. The number of carbonyl (C=O) groups excluding carboxylic acids is 1. The first kappa shape index (κ1) is 19.4. The van der Waals surface area contributed by atoms with Gasteiger partial charge < -0.3 is 5.32 Å². The van der Waals surface area contributed by atoms with Gasteiger partial charge in [-0.05, 0) is 30.3 Å². The van der Waals surface area contributed by atoms with Gasteiger partial charge in [0.1, 0.15) is 12.7 Å². The van der Waals surface area contributed by atoms with E-state index in [1.165, 1.54) is 12.4 Å². The Morgan fingerprint density at radius 3 is 2.29 bits per heavy atom. The van der Waals surface area contributed by atoms with E-state index in [9.17, 15) is 31.1 Å². The fourth-order valence-electron chi connectivity index (χ4n) is 2.46. The molecule has 0 aliphatic heterocycles. The second-order valence-corrected chi connectivity index (χ2v) is 5.57. The molecule has 1 heterocycles. The second kappa shape index (κ2) is 6.98. The molecule has 1 aromatic heterocycles. The molecule has 0 spiro atoms. The van der Waals surface area contributed by atoms with Gasteiger partial charge in [0.2, 0.25) is 0 Å². The van der Waals surface area contributed by atoms with E-state index in [2.05, 4.69) is 15.4 Å². The van der Waals surface area contributed by atoms with Crippen LogP contribution in [0.15, 0.2) is 55.1 Å². The Balaban J connectivity index is 2.05. The molecular formula is C17H10F6N4O. The van der Waals surface area contributed by atoms with Crippen molar-refractivity contribution in [2.24, 2.45) is 0 Å². The number of hydrogen-bond donors (Lipinski definition) is 1. The van der Waals surface area contributed by atoms with Crippen LogP contribution >= 0.6 is 0 Å². The van der Waals surface area contributed by atoms with Gasteiger partial charge in [-0.3, -0.25) is 4.79 Å². The molecule has 0 atom stereocenters. The summed E-state index contributed by atoms with van der Waals surface area (Å²) in [5.74, 6) is -1.21. The largest absolute Gasteiger partial charge is 0.417 e. The van der Waals surface area contributed by atoms with Gasteiger partial charge in [-0.15, -0.1) is 0 Å². The Labute approximate surface area is 153 Å². The fourth-order valence-corrected chi connectivity index (χ4v) is 2.46. The maximum absolute atomic E-state index is 13.1. The SMILES string of the molecule is O=C(Nc1cc(C(F)(F)F)ccc1-n1cncn1)c1ccccc1C(F)(F)F. The monoisotopic (exact) mass is 400 g/mol. The highest BCUT2D eigenvalue weighted by atomic mass is 19.4. The number of rotatable bonds is 3. The highest BCUT2D eigenvalue weighted by Crippen LogP contribution is 2.35. The lowest BCUT2D eigenvalue weighted by atomic mass is 10.1. The van der Waals surface area contributed by atoms with Crippen molar-refractivity contribution in [2.75, 3.05) is 5.32 Å². The number of amides is 1. The van der Waals surface area contributed by atoms with E-state index >= 15 is 0 Å². The first-order chi connectivity index (χ1) is 13.1. The molecule has 0 fully saturated rings. The van der Waals surface area contributed by atoms with Crippen LogP contribution in [0.4, 0.5) is 32.0 Å². The lowest BCUT2D eigenvalue weighted by molar-refractivity contribution is -0.138. The van der Waals surface area contributed by atoms with Crippen LogP contribution in [0.1, 0.15) is 21.5 Å². The summed E-state index contributed by atoms with van der Waals surface area (Å²) in [7, 11) is 0. The van der Waals surface area contributed by atoms with Gasteiger partial charge in [-0.2, -0.15) is 31.4 Å². The molecule has 28 heavy (non-hydrogen) atoms. The van der Waals surface area contributed by atoms with E-state index in [1.807, 2.05) is 0 Å². The minimum Gasteiger partial charge on any atom is -0.320 e. The molecule has 3 aromatic rings. The smallest absolute Gasteiger partial charge is 0.320 e. The normalized spacial score (nSPS) is 12.1. The molecular weight excluding hydrogens is 390 g/mol. The topological polar surface area (TPSA) is 59.8 Å². The van der Waals surface area contributed by atoms with Crippen LogP contribution in [0.5, 0.6) is 0 Å². The maximum Gasteiger partial charge on any atom is 0.417 e. The third-order valence-electron chi connectivity index (χ3n) is 3.71. The van der Waals surface area contributed by atoms with E-state index in [1.54, 1.807) is 0 Å². The molecule has 0 saturated heterocycles. The Morgan fingerprint density at radius 1 is 0.964 bits per heavy atom. The Morgan fingerprint density at radius 2 is 1.68 bits per heavy atom. The van der Waals surface area contributed by atoms with Gasteiger partial charge in [0.05, 0.1) is 28.1 Å². The van der Waals surface area contributed by atoms with Crippen molar-refractivity contribution in [2.45, 2.75) is 12.4 Å². The molecule has 0 saturated carbocycles. The third kappa shape index (κ3) is 3.97. The zero-order chi connectivity index (χ0) is 20.5. The van der Waals surface area contributed by atoms with Crippen LogP contribution in [-0.4, -0.2) is 20.7 Å². The van der Waals surface area contributed by atoms with E-state index in [-0.39, 0.29) is 11.4 Å². The van der Waals surface area contributed by atoms with Gasteiger partial charge in [0, 0.05) is 0 Å². The molecule has 5 nitrogen and oxygen atoms in total. The number of aromatic nitrogens is 3. The van der Waals surface area contributed by atoms with Crippen LogP contribution in [0, 0.1) is 0 Å². The van der Waals surface area contributed by atoms with Crippen molar-refractivity contribution < 1.29 is 31.1 Å². The number of alkyl halides is 6. The molecule has 0 radical (unpaired) electrons. The first-order valence-corrected chi connectivity index (χ1v) is 7.61. The molecule has 1 amide bonds. The van der Waals surface area contributed by atoms with Gasteiger partial charge in [-0.25, -0.2) is 9.67 Å². The summed E-state index contributed by atoms with van der Waals surface area (Å²) in [6, 6.07) is 6.36. The lowest BCUT2D eigenvalue weighted by Crippen LogP contribution is -2.20. The van der Waals surface area contributed by atoms with Crippen LogP contribution in [0.3, 0.4) is 0 Å². The molecule has 0 aliphatic rings. The molecule has 146 valence electrons. The standard InChI is InChI=1S/C17H10F6N4O/c18-16(19,20)10-5-6-14(27-9-24-8-25-27)13(7-10)26-15(28)11-3-1-2-4-12(11)17(21,22)23/h1-9H,(H,26,28). The maximum atomic E-state index is 13.1. The van der Waals surface area contributed by atoms with E-state index in [0.717, 1.165) is 35.3 Å². The van der Waals surface area contributed by atoms with E-state index < -0.39 is 35.0 Å². The average molecular weight is 400 g/mol. The van der Waals surface area contributed by atoms with Crippen molar-refractivity contribution in [1.29, 1.82) is 0 Å². The molecule has 0 bridgehead atoms. The number of nitrogens with one attached hydrogen (secondary N) is 1. The summed E-state index contributed by atoms with van der Waals surface area (Å²) in [5.41, 5.74) is -3.39. The predicted octanol–water partition coefficient (Wildman–Crippen LogP) is 4.56. The Kier molecular flexibility index (Phi) is 4.84. The number of benzene rings is 2. The summed E-state index contributed by atoms with van der Waals surface area (Å²) in [5, 5.41) is 5.88. The summed E-state index contributed by atoms with van der Waals surface area (Å²) < 4.78 is 79.5. The second-order valence-electron chi connectivity index (χ2n) is 5.57. The van der Waals surface area contributed by atoms with Crippen LogP contribution in [-0.2, 0) is 12.4 Å². The van der Waals surface area contributed by atoms with Gasteiger partial charge in [-0.1, -0.05) is 12.1 Å². The lowest BCUT2D eigenvalue weighted by Gasteiger charge is -2.16. The molecule has 11 heteroatoms. The number of nitrogens with zero attached hydrogens (tertiary/aromatic N) is 3. The quantitative estimate of drug-likeness (QED) is 0.656. The molecule has 3 rings (SSSR count). The third-order valence-corrected chi connectivity index (χ3v) is 3.71. The van der Waals surface area contributed by atoms with Crippen molar-refractivity contribution in [1.82, 2.24) is 14.8 Å². The summed E-state index contributed by atoms with van der Waals surface area (Å²) in [6.45, 7) is 0. The molecule has 0 unspecified atom stereocenters. The van der Waals surface area contributed by atoms with Crippen molar-refractivity contribution >= 4 is 11.6 Å². The van der Waals surface area contributed by atoms with Crippen molar-refractivity contribution in [3.8, 4) is 5.69 Å². The summed E-state index contributed by atoms with van der Waals surface area (Å²) in [4.78, 5) is 16.1. The fraction of sp³-hybridized carbons (Fsp3) is 0.118. The molecule has 0 aliphatic carbocycles. The van der Waals surface area contributed by atoms with Crippen LogP contribution in [0.25, 0.3) is 5.69 Å². The van der Waals surface area contributed by atoms with E-state index in [0.29, 0.717) is 12.1 Å². The molecule has 1 N–H and O–H groups in total. The van der Waals surface area contributed by atoms with Crippen LogP contribution in [0.2, 0.25) is 0 Å². The highest BCUT2D eigenvalue weighted by molar-refractivity contribution is 6.06. The minimum absolute atomic E-state index is 0.00309. The minimum atomic E-state index is -4.81. The molecule has 2 aromatic carbocycles. The Hall–Kier alpha value is -3.37. The average Bonchev–Trinajstić information content (AvgIpc) is 3.14. The van der Waals surface area contributed by atoms with Crippen molar-refractivity contribution in [3.63, 3.8) is 0 Å². The number of anilines is 1. The Bertz CT molecular complexity index is 996. The summed E-state index contributed by atoms with van der Waals surface area (Å²) >= 11 is 0. The van der Waals surface area contributed by atoms with Gasteiger partial charge in [0.25, 0.3) is 5.91 Å². The highest BCUT2D eigenvalue weighted by Gasteiger charge is 2.35. The number of halogens is 6. The zero-order valence-electron chi connectivity index (χ0n) is 13.7. The predicted molar refractivity (Wildman–Crippen MR) is 85.8 cm³/mol. The van der Waals surface area contributed by atoms with Crippen LogP contribution < -0.4 is 5.32 Å². The first-order valence-electron chi connectivity index (χ1n) is 7.61. The van der Waals surface area contributed by atoms with Gasteiger partial charge in [0.15, 0.2) is 0 Å².